The Hall–Kier alpha value is -0.910. The lowest BCUT2D eigenvalue weighted by molar-refractivity contribution is -0.134. The number of anilines is 1. The van der Waals surface area contributed by atoms with Crippen LogP contribution in [-0.4, -0.2) is 11.9 Å². The zero-order valence-electron chi connectivity index (χ0n) is 8.35. The van der Waals surface area contributed by atoms with Crippen molar-refractivity contribution in [2.24, 2.45) is 0 Å². The van der Waals surface area contributed by atoms with Gasteiger partial charge in [-0.2, -0.15) is 13.2 Å². The Balaban J connectivity index is 2.38. The fraction of sp³-hybridized carbons (Fsp3) is 0.400. The summed E-state index contributed by atoms with van der Waals surface area (Å²) < 4.78 is 48.1. The van der Waals surface area contributed by atoms with Crippen LogP contribution in [0.4, 0.5) is 23.2 Å². The molecule has 2 N–H and O–H groups in total. The van der Waals surface area contributed by atoms with Gasteiger partial charge in [0.25, 0.3) is 0 Å². The second-order valence-electron chi connectivity index (χ2n) is 3.25. The third-order valence-electron chi connectivity index (χ3n) is 1.83. The molecule has 90 valence electrons. The molecule has 0 atom stereocenters. The van der Waals surface area contributed by atoms with Crippen LogP contribution in [0.5, 0.6) is 0 Å². The molecule has 1 aromatic rings. The molecule has 0 aliphatic rings. The van der Waals surface area contributed by atoms with E-state index in [0.717, 1.165) is 6.07 Å². The Labute approximate surface area is 95.0 Å². The highest BCUT2D eigenvalue weighted by molar-refractivity contribution is 7.99. The molecular formula is C10H11F4NS. The van der Waals surface area contributed by atoms with Crippen molar-refractivity contribution in [1.82, 2.24) is 0 Å². The van der Waals surface area contributed by atoms with Gasteiger partial charge in [0.15, 0.2) is 0 Å². The molecule has 0 aliphatic carbocycles. The van der Waals surface area contributed by atoms with Crippen LogP contribution in [0.25, 0.3) is 0 Å². The first-order chi connectivity index (χ1) is 7.38. The van der Waals surface area contributed by atoms with Gasteiger partial charge < -0.3 is 5.73 Å². The van der Waals surface area contributed by atoms with Gasteiger partial charge in [0.05, 0.1) is 0 Å². The molecule has 0 saturated carbocycles. The molecule has 0 aromatic heterocycles. The molecule has 16 heavy (non-hydrogen) atoms. The number of benzene rings is 1. The van der Waals surface area contributed by atoms with Crippen molar-refractivity contribution >= 4 is 17.4 Å². The first-order valence-corrected chi connectivity index (χ1v) is 5.61. The van der Waals surface area contributed by atoms with Gasteiger partial charge in [0, 0.05) is 17.0 Å². The van der Waals surface area contributed by atoms with E-state index in [4.69, 9.17) is 5.73 Å². The van der Waals surface area contributed by atoms with Crippen molar-refractivity contribution in [2.75, 3.05) is 11.5 Å². The summed E-state index contributed by atoms with van der Waals surface area (Å²) in [6.45, 7) is 0. The Morgan fingerprint density at radius 3 is 2.50 bits per heavy atom. The minimum Gasteiger partial charge on any atom is -0.398 e. The van der Waals surface area contributed by atoms with Crippen molar-refractivity contribution in [3.05, 3.63) is 24.0 Å². The predicted molar refractivity (Wildman–Crippen MR) is 56.8 cm³/mol. The summed E-state index contributed by atoms with van der Waals surface area (Å²) >= 11 is 1.20. The highest BCUT2D eigenvalue weighted by Gasteiger charge is 2.25. The van der Waals surface area contributed by atoms with E-state index in [1.54, 1.807) is 0 Å². The number of nitrogens with two attached hydrogens (primary N) is 1. The van der Waals surface area contributed by atoms with E-state index in [-0.39, 0.29) is 12.1 Å². The Kier molecular flexibility index (Phi) is 4.46. The molecule has 0 saturated heterocycles. The molecule has 0 amide bonds. The lowest BCUT2D eigenvalue weighted by Gasteiger charge is -2.07. The van der Waals surface area contributed by atoms with Crippen LogP contribution in [0.1, 0.15) is 12.8 Å². The van der Waals surface area contributed by atoms with Gasteiger partial charge in [-0.15, -0.1) is 11.8 Å². The van der Waals surface area contributed by atoms with E-state index in [0.29, 0.717) is 10.6 Å². The molecule has 0 spiro atoms. The number of rotatable bonds is 4. The molecule has 1 aromatic carbocycles. The van der Waals surface area contributed by atoms with E-state index in [1.807, 2.05) is 0 Å². The normalized spacial score (nSPS) is 11.8. The maximum absolute atomic E-state index is 12.7. The van der Waals surface area contributed by atoms with Crippen LogP contribution in [-0.2, 0) is 0 Å². The van der Waals surface area contributed by atoms with Gasteiger partial charge in [-0.05, 0) is 30.4 Å². The first-order valence-electron chi connectivity index (χ1n) is 4.63. The molecule has 0 unspecified atom stereocenters. The minimum absolute atomic E-state index is 0.0327. The topological polar surface area (TPSA) is 26.0 Å². The largest absolute Gasteiger partial charge is 0.398 e. The van der Waals surface area contributed by atoms with E-state index in [1.165, 1.54) is 23.9 Å². The fourth-order valence-electron chi connectivity index (χ4n) is 1.11. The van der Waals surface area contributed by atoms with Crippen LogP contribution in [0.2, 0.25) is 0 Å². The number of thioether (sulfide) groups is 1. The Morgan fingerprint density at radius 1 is 1.25 bits per heavy atom. The molecule has 0 bridgehead atoms. The Morgan fingerprint density at radius 2 is 1.94 bits per heavy atom. The summed E-state index contributed by atoms with van der Waals surface area (Å²) in [5.74, 6) is -0.132. The monoisotopic (exact) mass is 253 g/mol. The number of nitrogen functional groups attached to an aromatic ring is 1. The SMILES string of the molecule is Nc1cc(F)ccc1SCCCC(F)(F)F. The van der Waals surface area contributed by atoms with Gasteiger partial charge in [0.2, 0.25) is 0 Å². The van der Waals surface area contributed by atoms with E-state index < -0.39 is 18.4 Å². The van der Waals surface area contributed by atoms with Crippen molar-refractivity contribution in [2.45, 2.75) is 23.9 Å². The van der Waals surface area contributed by atoms with Crippen LogP contribution in [0, 0.1) is 5.82 Å². The second kappa shape index (κ2) is 5.43. The maximum atomic E-state index is 12.7. The van der Waals surface area contributed by atoms with E-state index in [2.05, 4.69) is 0 Å². The van der Waals surface area contributed by atoms with Gasteiger partial charge in [-0.3, -0.25) is 0 Å². The van der Waals surface area contributed by atoms with Crippen molar-refractivity contribution < 1.29 is 17.6 Å². The van der Waals surface area contributed by atoms with Crippen LogP contribution >= 0.6 is 11.8 Å². The minimum atomic E-state index is -4.12. The molecule has 0 heterocycles. The first kappa shape index (κ1) is 13.2. The molecule has 1 rings (SSSR count). The van der Waals surface area contributed by atoms with Gasteiger partial charge in [0.1, 0.15) is 5.82 Å². The lowest BCUT2D eigenvalue weighted by atomic mass is 10.3. The third kappa shape index (κ3) is 4.74. The van der Waals surface area contributed by atoms with Gasteiger partial charge in [-0.1, -0.05) is 0 Å². The number of alkyl halides is 3. The quantitative estimate of drug-likeness (QED) is 0.382. The fourth-order valence-corrected chi connectivity index (χ4v) is 2.00. The van der Waals surface area contributed by atoms with Crippen LogP contribution in [0.15, 0.2) is 23.1 Å². The lowest BCUT2D eigenvalue weighted by Crippen LogP contribution is -2.06. The molecule has 0 aliphatic heterocycles. The van der Waals surface area contributed by atoms with Crippen LogP contribution in [0.3, 0.4) is 0 Å². The highest BCUT2D eigenvalue weighted by atomic mass is 32.2. The maximum Gasteiger partial charge on any atom is 0.389 e. The average molecular weight is 253 g/mol. The van der Waals surface area contributed by atoms with E-state index in [9.17, 15) is 17.6 Å². The highest BCUT2D eigenvalue weighted by Crippen LogP contribution is 2.28. The number of halogens is 4. The molecule has 0 radical (unpaired) electrons. The van der Waals surface area contributed by atoms with Crippen molar-refractivity contribution in [3.8, 4) is 0 Å². The summed E-state index contributed by atoms with van der Waals surface area (Å²) in [6.07, 6.45) is -4.89. The van der Waals surface area contributed by atoms with Gasteiger partial charge in [-0.25, -0.2) is 4.39 Å². The molecular weight excluding hydrogens is 242 g/mol. The molecule has 1 nitrogen and oxygen atoms in total. The number of hydrogen-bond donors (Lipinski definition) is 1. The number of hydrogen-bond acceptors (Lipinski definition) is 2. The van der Waals surface area contributed by atoms with Crippen molar-refractivity contribution in [1.29, 1.82) is 0 Å². The van der Waals surface area contributed by atoms with Crippen molar-refractivity contribution in [3.63, 3.8) is 0 Å². The summed E-state index contributed by atoms with van der Waals surface area (Å²) in [4.78, 5) is 0.614. The zero-order valence-corrected chi connectivity index (χ0v) is 9.17. The predicted octanol–water partition coefficient (Wildman–Crippen LogP) is 3.84. The standard InChI is InChI=1S/C10H11F4NS/c11-7-2-3-9(8(15)6-7)16-5-1-4-10(12,13)14/h2-3,6H,1,4-5,15H2. The molecule has 0 fully saturated rings. The third-order valence-corrected chi connectivity index (χ3v) is 3.01. The summed E-state index contributed by atoms with van der Waals surface area (Å²) in [5, 5.41) is 0. The smallest absolute Gasteiger partial charge is 0.389 e. The van der Waals surface area contributed by atoms with E-state index >= 15 is 0 Å². The summed E-state index contributed by atoms with van der Waals surface area (Å²) in [7, 11) is 0. The van der Waals surface area contributed by atoms with Gasteiger partial charge >= 0.3 is 6.18 Å². The molecule has 6 heteroatoms. The summed E-state index contributed by atoms with van der Waals surface area (Å²) in [5.41, 5.74) is 5.77. The average Bonchev–Trinajstić information content (AvgIpc) is 2.13. The van der Waals surface area contributed by atoms with Crippen LogP contribution < -0.4 is 5.73 Å². The zero-order chi connectivity index (χ0) is 12.2. The summed E-state index contributed by atoms with van der Waals surface area (Å²) in [6, 6.07) is 3.87. The Bertz CT molecular complexity index is 351. The second-order valence-corrected chi connectivity index (χ2v) is 4.39.